The summed E-state index contributed by atoms with van der Waals surface area (Å²) in [5.41, 5.74) is 1.04. The summed E-state index contributed by atoms with van der Waals surface area (Å²) < 4.78 is 17.6. The fourth-order valence-corrected chi connectivity index (χ4v) is 4.69. The lowest BCUT2D eigenvalue weighted by molar-refractivity contribution is -0.115. The fraction of sp³-hybridized carbons (Fsp3) is 0.692. The van der Waals surface area contributed by atoms with Gasteiger partial charge < -0.3 is 24.4 Å². The largest absolute Gasteiger partial charge is 0.491 e. The van der Waals surface area contributed by atoms with Gasteiger partial charge in [-0.15, -0.1) is 0 Å². The zero-order chi connectivity index (χ0) is 24.7. The molecule has 0 radical (unpaired) electrons. The van der Waals surface area contributed by atoms with Crippen LogP contribution < -0.4 is 10.1 Å². The first-order valence-electron chi connectivity index (χ1n) is 12.5. The number of fused-ring (bicyclic) bond motifs is 1. The predicted octanol–water partition coefficient (Wildman–Crippen LogP) is 3.27. The fourth-order valence-electron chi connectivity index (χ4n) is 4.69. The molecule has 190 valence electrons. The van der Waals surface area contributed by atoms with E-state index in [2.05, 4.69) is 24.1 Å². The lowest BCUT2D eigenvalue weighted by Crippen LogP contribution is -2.48. The molecule has 1 aromatic rings. The van der Waals surface area contributed by atoms with Gasteiger partial charge in [0.05, 0.1) is 11.7 Å². The van der Waals surface area contributed by atoms with E-state index < -0.39 is 0 Å². The van der Waals surface area contributed by atoms with E-state index in [0.717, 1.165) is 39.1 Å². The van der Waals surface area contributed by atoms with Crippen LogP contribution in [-0.2, 0) is 14.3 Å². The second-order valence-electron chi connectivity index (χ2n) is 9.72. The van der Waals surface area contributed by atoms with E-state index in [1.54, 1.807) is 44.2 Å². The average molecular weight is 476 g/mol. The van der Waals surface area contributed by atoms with Crippen molar-refractivity contribution in [2.45, 2.75) is 52.2 Å². The third-order valence-corrected chi connectivity index (χ3v) is 7.01. The summed E-state index contributed by atoms with van der Waals surface area (Å²) >= 11 is 0. The van der Waals surface area contributed by atoms with Crippen LogP contribution in [0.15, 0.2) is 18.2 Å². The molecule has 8 heteroatoms. The quantitative estimate of drug-likeness (QED) is 0.704. The number of rotatable bonds is 5. The number of anilines is 1. The Morgan fingerprint density at radius 1 is 1.21 bits per heavy atom. The van der Waals surface area contributed by atoms with Gasteiger partial charge in [-0.1, -0.05) is 13.8 Å². The number of carbonyl (C=O) groups excluding carboxylic acids is 2. The van der Waals surface area contributed by atoms with Gasteiger partial charge >= 0.3 is 0 Å². The highest BCUT2D eigenvalue weighted by Crippen LogP contribution is 2.27. The Kier molecular flexibility index (Phi) is 9.74. The van der Waals surface area contributed by atoms with E-state index in [0.29, 0.717) is 42.5 Å². The number of likely N-dealkylation sites (N-methyl/N-ethyl adjacent to an activating group) is 1. The van der Waals surface area contributed by atoms with Crippen molar-refractivity contribution in [1.82, 2.24) is 9.80 Å². The number of ether oxygens (including phenoxy) is 3. The van der Waals surface area contributed by atoms with Crippen LogP contribution in [0.25, 0.3) is 0 Å². The zero-order valence-electron chi connectivity index (χ0n) is 21.3. The van der Waals surface area contributed by atoms with E-state index in [-0.39, 0.29) is 29.9 Å². The Balaban J connectivity index is 1.88. The zero-order valence-corrected chi connectivity index (χ0v) is 21.3. The molecule has 1 saturated heterocycles. The molecule has 0 aliphatic carbocycles. The van der Waals surface area contributed by atoms with Crippen LogP contribution in [0.1, 0.15) is 50.4 Å². The lowest BCUT2D eigenvalue weighted by Gasteiger charge is -2.38. The third-order valence-electron chi connectivity index (χ3n) is 7.01. The molecule has 2 heterocycles. The number of amides is 2. The summed E-state index contributed by atoms with van der Waals surface area (Å²) in [7, 11) is 3.50. The summed E-state index contributed by atoms with van der Waals surface area (Å²) in [6, 6.07) is 5.45. The molecule has 3 atom stereocenters. The number of hydrogen-bond donors (Lipinski definition) is 1. The monoisotopic (exact) mass is 475 g/mol. The van der Waals surface area contributed by atoms with Gasteiger partial charge in [-0.25, -0.2) is 0 Å². The summed E-state index contributed by atoms with van der Waals surface area (Å²) in [5.74, 6) is 1.13. The van der Waals surface area contributed by atoms with Crippen LogP contribution in [0.4, 0.5) is 5.69 Å². The van der Waals surface area contributed by atoms with Crippen molar-refractivity contribution >= 4 is 17.5 Å². The topological polar surface area (TPSA) is 80.3 Å². The first-order valence-corrected chi connectivity index (χ1v) is 12.5. The van der Waals surface area contributed by atoms with Gasteiger partial charge in [0.1, 0.15) is 12.4 Å². The predicted molar refractivity (Wildman–Crippen MR) is 132 cm³/mol. The Hall–Kier alpha value is -2.16. The molecule has 1 fully saturated rings. The van der Waals surface area contributed by atoms with Crippen molar-refractivity contribution in [1.29, 1.82) is 0 Å². The molecule has 0 saturated carbocycles. The van der Waals surface area contributed by atoms with Gasteiger partial charge in [0, 0.05) is 65.2 Å². The molecule has 0 aromatic heterocycles. The van der Waals surface area contributed by atoms with Crippen LogP contribution in [0, 0.1) is 11.8 Å². The summed E-state index contributed by atoms with van der Waals surface area (Å²) in [6.45, 7) is 10.6. The number of methoxy groups -OCH3 is 1. The Morgan fingerprint density at radius 3 is 2.62 bits per heavy atom. The molecule has 2 aliphatic heterocycles. The highest BCUT2D eigenvalue weighted by Gasteiger charge is 2.30. The number of hydrogen-bond acceptors (Lipinski definition) is 6. The standard InChI is InChI=1S/C26H41N3O5/c1-6-25(30)27-21-7-8-23-22(13-21)26(31)28(4)16-24(32-5)18(2)14-29(19(3)17-34-23)15-20-9-11-33-12-10-20/h7-8,13,18-20,24H,6,9-12,14-17H2,1-5H3,(H,27,30)/t18-,19+,24+/m0/s1. The van der Waals surface area contributed by atoms with Crippen LogP contribution in [0.5, 0.6) is 5.75 Å². The first-order chi connectivity index (χ1) is 16.3. The van der Waals surface area contributed by atoms with Gasteiger partial charge in [0.15, 0.2) is 0 Å². The van der Waals surface area contributed by atoms with Crippen LogP contribution in [-0.4, -0.2) is 87.4 Å². The van der Waals surface area contributed by atoms with Crippen LogP contribution in [0.3, 0.4) is 0 Å². The number of nitrogens with zero attached hydrogens (tertiary/aromatic N) is 2. The van der Waals surface area contributed by atoms with E-state index >= 15 is 0 Å². The second kappa shape index (κ2) is 12.5. The SMILES string of the molecule is CCC(=O)Nc1ccc2c(c1)C(=O)N(C)C[C@@H](OC)[C@@H](C)CN(CC1CCOCC1)[C@H](C)CO2. The summed E-state index contributed by atoms with van der Waals surface area (Å²) in [5, 5.41) is 2.84. The second-order valence-corrected chi connectivity index (χ2v) is 9.72. The Morgan fingerprint density at radius 2 is 1.94 bits per heavy atom. The van der Waals surface area contributed by atoms with E-state index in [1.807, 2.05) is 0 Å². The van der Waals surface area contributed by atoms with Crippen LogP contribution in [0.2, 0.25) is 0 Å². The van der Waals surface area contributed by atoms with Crippen LogP contribution >= 0.6 is 0 Å². The maximum Gasteiger partial charge on any atom is 0.257 e. The summed E-state index contributed by atoms with van der Waals surface area (Å²) in [6.07, 6.45) is 2.44. The maximum atomic E-state index is 13.4. The third kappa shape index (κ3) is 6.93. The Labute approximate surface area is 203 Å². The van der Waals surface area contributed by atoms with Gasteiger partial charge in [0.2, 0.25) is 5.91 Å². The maximum absolute atomic E-state index is 13.4. The smallest absolute Gasteiger partial charge is 0.257 e. The molecule has 0 spiro atoms. The number of nitrogens with one attached hydrogen (secondary N) is 1. The lowest BCUT2D eigenvalue weighted by atomic mass is 9.96. The number of carbonyl (C=O) groups is 2. The normalized spacial score (nSPS) is 25.6. The molecule has 1 N–H and O–H groups in total. The minimum Gasteiger partial charge on any atom is -0.491 e. The van der Waals surface area contributed by atoms with Crippen molar-refractivity contribution in [3.63, 3.8) is 0 Å². The van der Waals surface area contributed by atoms with Gasteiger partial charge in [-0.2, -0.15) is 0 Å². The molecule has 1 aromatic carbocycles. The van der Waals surface area contributed by atoms with Gasteiger partial charge in [0.25, 0.3) is 5.91 Å². The highest BCUT2D eigenvalue weighted by molar-refractivity contribution is 5.99. The van der Waals surface area contributed by atoms with E-state index in [1.165, 1.54) is 0 Å². The molecule has 0 bridgehead atoms. The molecule has 2 aliphatic rings. The van der Waals surface area contributed by atoms with Crippen molar-refractivity contribution in [3.8, 4) is 5.75 Å². The Bertz CT molecular complexity index is 827. The molecular weight excluding hydrogens is 434 g/mol. The summed E-state index contributed by atoms with van der Waals surface area (Å²) in [4.78, 5) is 29.5. The minimum atomic E-state index is -0.149. The van der Waals surface area contributed by atoms with Crippen molar-refractivity contribution in [3.05, 3.63) is 23.8 Å². The molecule has 34 heavy (non-hydrogen) atoms. The highest BCUT2D eigenvalue weighted by atomic mass is 16.5. The van der Waals surface area contributed by atoms with Gasteiger partial charge in [-0.3, -0.25) is 14.5 Å². The van der Waals surface area contributed by atoms with Crippen molar-refractivity contribution in [2.75, 3.05) is 58.9 Å². The molecule has 2 amide bonds. The molecule has 0 unspecified atom stereocenters. The van der Waals surface area contributed by atoms with Crippen molar-refractivity contribution < 1.29 is 23.8 Å². The molecule has 8 nitrogen and oxygen atoms in total. The molecular formula is C26H41N3O5. The minimum absolute atomic E-state index is 0.0925. The van der Waals surface area contributed by atoms with Gasteiger partial charge in [-0.05, 0) is 49.8 Å². The first kappa shape index (κ1) is 26.4. The molecule has 3 rings (SSSR count). The van der Waals surface area contributed by atoms with E-state index in [9.17, 15) is 9.59 Å². The van der Waals surface area contributed by atoms with Crippen molar-refractivity contribution in [2.24, 2.45) is 11.8 Å². The van der Waals surface area contributed by atoms with E-state index in [4.69, 9.17) is 14.2 Å². The average Bonchev–Trinajstić information content (AvgIpc) is 2.85. The number of benzene rings is 1.